The van der Waals surface area contributed by atoms with E-state index in [1.54, 1.807) is 0 Å². The Morgan fingerprint density at radius 2 is 1.56 bits per heavy atom. The van der Waals surface area contributed by atoms with Gasteiger partial charge in [0.25, 0.3) is 0 Å². The minimum atomic E-state index is 0.156. The van der Waals surface area contributed by atoms with Gasteiger partial charge in [-0.15, -0.1) is 0 Å². The third-order valence-corrected chi connectivity index (χ3v) is 2.29. The van der Waals surface area contributed by atoms with E-state index in [-0.39, 0.29) is 12.1 Å². The van der Waals surface area contributed by atoms with Crippen LogP contribution in [0.2, 0.25) is 0 Å². The van der Waals surface area contributed by atoms with Gasteiger partial charge in [0, 0.05) is 0 Å². The van der Waals surface area contributed by atoms with Crippen molar-refractivity contribution in [2.75, 3.05) is 0 Å². The van der Waals surface area contributed by atoms with Crippen molar-refractivity contribution in [1.29, 1.82) is 0 Å². The molecule has 1 aromatic carbocycles. The molecule has 0 aliphatic heterocycles. The average Bonchev–Trinajstić information content (AvgIpc) is 2.25. The van der Waals surface area contributed by atoms with Crippen molar-refractivity contribution in [2.45, 2.75) is 39.8 Å². The van der Waals surface area contributed by atoms with E-state index >= 15 is 0 Å². The molecule has 0 bridgehead atoms. The molecule has 0 radical (unpaired) electrons. The molecule has 0 aromatic heterocycles. The van der Waals surface area contributed by atoms with Gasteiger partial charge in [-0.2, -0.15) is 0 Å². The summed E-state index contributed by atoms with van der Waals surface area (Å²) in [5.41, 5.74) is 1.23. The molecule has 1 aromatic rings. The number of benzene rings is 1. The molecule has 2 nitrogen and oxygen atoms in total. The van der Waals surface area contributed by atoms with Crippen molar-refractivity contribution in [1.82, 2.24) is 0 Å². The highest BCUT2D eigenvalue weighted by atomic mass is 14.9. The van der Waals surface area contributed by atoms with Crippen molar-refractivity contribution in [3.05, 3.63) is 35.9 Å². The molecule has 2 heteroatoms. The Labute approximate surface area is 98.1 Å². The molecule has 1 rings (SSSR count). The van der Waals surface area contributed by atoms with Gasteiger partial charge in [-0.05, 0) is 25.3 Å². The summed E-state index contributed by atoms with van der Waals surface area (Å²) in [6, 6.07) is 13.5. The van der Waals surface area contributed by atoms with Crippen LogP contribution in [0.3, 0.4) is 0 Å². The first kappa shape index (κ1) is 12.7. The van der Waals surface area contributed by atoms with E-state index in [9.17, 15) is 0 Å². The topological polar surface area (TPSA) is 24.7 Å². The molecule has 86 valence electrons. The molecule has 0 heterocycles. The van der Waals surface area contributed by atoms with Gasteiger partial charge < -0.3 is 0 Å². The Hall–Kier alpha value is -1.40. The van der Waals surface area contributed by atoms with Gasteiger partial charge in [0.15, 0.2) is 0 Å². The van der Waals surface area contributed by atoms with Gasteiger partial charge in [-0.25, -0.2) is 9.98 Å². The molecule has 0 saturated carbocycles. The molecule has 0 aliphatic carbocycles. The van der Waals surface area contributed by atoms with Gasteiger partial charge in [0.05, 0.1) is 18.1 Å². The fourth-order valence-corrected chi connectivity index (χ4v) is 1.47. The SMILES string of the molecule is CC(C)N=C=NC(c1ccccc1)C(C)C. The molecule has 1 unspecified atom stereocenters. The van der Waals surface area contributed by atoms with E-state index in [1.807, 2.05) is 32.0 Å². The highest BCUT2D eigenvalue weighted by Crippen LogP contribution is 2.24. The van der Waals surface area contributed by atoms with E-state index in [0.29, 0.717) is 5.92 Å². The van der Waals surface area contributed by atoms with E-state index < -0.39 is 0 Å². The second-order valence-electron chi connectivity index (χ2n) is 4.55. The lowest BCUT2D eigenvalue weighted by molar-refractivity contribution is 0.518. The molecule has 16 heavy (non-hydrogen) atoms. The minimum Gasteiger partial charge on any atom is -0.223 e. The molecule has 0 saturated heterocycles. The monoisotopic (exact) mass is 216 g/mol. The Kier molecular flexibility index (Phi) is 4.94. The first-order valence-corrected chi connectivity index (χ1v) is 5.81. The lowest BCUT2D eigenvalue weighted by Crippen LogP contribution is -2.03. The average molecular weight is 216 g/mol. The van der Waals surface area contributed by atoms with Crippen LogP contribution in [0, 0.1) is 5.92 Å². The van der Waals surface area contributed by atoms with Gasteiger partial charge in [-0.1, -0.05) is 44.2 Å². The maximum absolute atomic E-state index is 4.42. The van der Waals surface area contributed by atoms with E-state index in [2.05, 4.69) is 42.0 Å². The summed E-state index contributed by atoms with van der Waals surface area (Å²) in [5.74, 6) is 0.456. The van der Waals surface area contributed by atoms with Crippen LogP contribution in [-0.4, -0.2) is 12.1 Å². The quantitative estimate of drug-likeness (QED) is 0.680. The van der Waals surface area contributed by atoms with Gasteiger partial charge >= 0.3 is 0 Å². The Morgan fingerprint density at radius 1 is 0.938 bits per heavy atom. The molecule has 0 N–H and O–H groups in total. The maximum Gasteiger partial charge on any atom is 0.0901 e. The first-order chi connectivity index (χ1) is 7.61. The summed E-state index contributed by atoms with van der Waals surface area (Å²) in [7, 11) is 0. The molecule has 0 amide bonds. The molecular formula is C14H20N2. The smallest absolute Gasteiger partial charge is 0.0901 e. The standard InChI is InChI=1S/C14H20N2/c1-11(2)14(16-10-15-12(3)4)13-8-6-5-7-9-13/h5-9,11-12,14H,1-4H3. The zero-order chi connectivity index (χ0) is 12.0. The summed E-state index contributed by atoms with van der Waals surface area (Å²) in [6.07, 6.45) is 0. The van der Waals surface area contributed by atoms with Crippen LogP contribution in [0.4, 0.5) is 0 Å². The summed E-state index contributed by atoms with van der Waals surface area (Å²) in [5, 5.41) is 0. The third-order valence-electron chi connectivity index (χ3n) is 2.29. The van der Waals surface area contributed by atoms with Crippen LogP contribution in [-0.2, 0) is 0 Å². The van der Waals surface area contributed by atoms with Crippen molar-refractivity contribution >= 4 is 6.01 Å². The van der Waals surface area contributed by atoms with E-state index in [1.165, 1.54) is 5.56 Å². The van der Waals surface area contributed by atoms with Crippen LogP contribution in [0.5, 0.6) is 0 Å². The minimum absolute atomic E-state index is 0.156. The molecule has 0 spiro atoms. The Bertz CT molecular complexity index is 360. The predicted molar refractivity (Wildman–Crippen MR) is 69.0 cm³/mol. The van der Waals surface area contributed by atoms with Crippen LogP contribution in [0.15, 0.2) is 40.3 Å². The fourth-order valence-electron chi connectivity index (χ4n) is 1.47. The number of hydrogen-bond donors (Lipinski definition) is 0. The highest BCUT2D eigenvalue weighted by molar-refractivity contribution is 5.43. The zero-order valence-electron chi connectivity index (χ0n) is 10.5. The lowest BCUT2D eigenvalue weighted by atomic mass is 9.97. The summed E-state index contributed by atoms with van der Waals surface area (Å²) >= 11 is 0. The van der Waals surface area contributed by atoms with Gasteiger partial charge in [-0.3, -0.25) is 0 Å². The van der Waals surface area contributed by atoms with E-state index in [0.717, 1.165) is 0 Å². The molecule has 0 fully saturated rings. The van der Waals surface area contributed by atoms with Crippen molar-refractivity contribution < 1.29 is 0 Å². The first-order valence-electron chi connectivity index (χ1n) is 5.81. The molecule has 0 aliphatic rings. The van der Waals surface area contributed by atoms with Crippen LogP contribution in [0.1, 0.15) is 39.3 Å². The number of aliphatic imine (C=N–C) groups is 2. The molecule has 1 atom stereocenters. The zero-order valence-corrected chi connectivity index (χ0v) is 10.5. The highest BCUT2D eigenvalue weighted by Gasteiger charge is 2.13. The largest absolute Gasteiger partial charge is 0.223 e. The number of hydrogen-bond acceptors (Lipinski definition) is 2. The van der Waals surface area contributed by atoms with Crippen LogP contribution >= 0.6 is 0 Å². The Balaban J connectivity index is 2.89. The van der Waals surface area contributed by atoms with Crippen molar-refractivity contribution in [3.8, 4) is 0 Å². The lowest BCUT2D eigenvalue weighted by Gasteiger charge is -2.14. The maximum atomic E-state index is 4.42. The van der Waals surface area contributed by atoms with Crippen LogP contribution in [0.25, 0.3) is 0 Å². The van der Waals surface area contributed by atoms with Gasteiger partial charge in [0.2, 0.25) is 0 Å². The normalized spacial score (nSPS) is 12.4. The summed E-state index contributed by atoms with van der Waals surface area (Å²) in [6.45, 7) is 8.38. The number of rotatable bonds is 4. The van der Waals surface area contributed by atoms with Gasteiger partial charge in [0.1, 0.15) is 0 Å². The third kappa shape index (κ3) is 4.00. The predicted octanol–water partition coefficient (Wildman–Crippen LogP) is 3.97. The Morgan fingerprint density at radius 3 is 2.06 bits per heavy atom. The summed E-state index contributed by atoms with van der Waals surface area (Å²) in [4.78, 5) is 8.57. The fraction of sp³-hybridized carbons (Fsp3) is 0.500. The molecular weight excluding hydrogens is 196 g/mol. The van der Waals surface area contributed by atoms with Crippen LogP contribution < -0.4 is 0 Å². The van der Waals surface area contributed by atoms with E-state index in [4.69, 9.17) is 0 Å². The van der Waals surface area contributed by atoms with Crippen molar-refractivity contribution in [2.24, 2.45) is 15.9 Å². The second-order valence-corrected chi connectivity index (χ2v) is 4.55. The van der Waals surface area contributed by atoms with Crippen molar-refractivity contribution in [3.63, 3.8) is 0 Å². The summed E-state index contributed by atoms with van der Waals surface area (Å²) < 4.78 is 0. The number of nitrogens with zero attached hydrogens (tertiary/aromatic N) is 2. The second kappa shape index (κ2) is 6.24.